The number of hydrogen-bond donors (Lipinski definition) is 1. The van der Waals surface area contributed by atoms with E-state index < -0.39 is 0 Å². The standard InChI is InChI=1S/C26H27N3O3S/c1-31-22-15-18-11-13-28(17-19(18)16-23(22)32-2)14-12-27-26(30)29-20-7-3-5-9-24(20)33-25-10-6-4-8-21(25)29/h3-10,15-16H,11-14,17H2,1-2H3,(H,27,30). The van der Waals surface area contributed by atoms with Crippen LogP contribution in [0.25, 0.3) is 0 Å². The van der Waals surface area contributed by atoms with E-state index in [1.807, 2.05) is 36.4 Å². The number of hydrogen-bond acceptors (Lipinski definition) is 5. The third-order valence-electron chi connectivity index (χ3n) is 6.14. The van der Waals surface area contributed by atoms with Crippen LogP contribution in [0, 0.1) is 0 Å². The molecule has 0 unspecified atom stereocenters. The summed E-state index contributed by atoms with van der Waals surface area (Å²) in [5.74, 6) is 1.53. The molecule has 7 heteroatoms. The number of benzene rings is 3. The van der Waals surface area contributed by atoms with Crippen molar-refractivity contribution < 1.29 is 14.3 Å². The number of para-hydroxylation sites is 2. The highest BCUT2D eigenvalue weighted by atomic mass is 32.2. The van der Waals surface area contributed by atoms with E-state index in [1.165, 1.54) is 11.1 Å². The van der Waals surface area contributed by atoms with Crippen molar-refractivity contribution in [2.45, 2.75) is 22.8 Å². The summed E-state index contributed by atoms with van der Waals surface area (Å²) >= 11 is 1.70. The minimum Gasteiger partial charge on any atom is -0.493 e. The van der Waals surface area contributed by atoms with Gasteiger partial charge in [-0.05, 0) is 53.9 Å². The Hall–Kier alpha value is -3.16. The number of methoxy groups -OCH3 is 2. The predicted molar refractivity (Wildman–Crippen MR) is 131 cm³/mol. The zero-order chi connectivity index (χ0) is 22.8. The van der Waals surface area contributed by atoms with Gasteiger partial charge in [0.15, 0.2) is 11.5 Å². The minimum atomic E-state index is -0.0981. The second-order valence-electron chi connectivity index (χ2n) is 8.11. The molecule has 0 aromatic heterocycles. The Kier molecular flexibility index (Phi) is 6.15. The van der Waals surface area contributed by atoms with Crippen LogP contribution in [0.15, 0.2) is 70.5 Å². The summed E-state index contributed by atoms with van der Waals surface area (Å²) in [6, 6.07) is 20.1. The zero-order valence-electron chi connectivity index (χ0n) is 18.8. The molecule has 0 spiro atoms. The smallest absolute Gasteiger partial charge is 0.326 e. The van der Waals surface area contributed by atoms with E-state index in [4.69, 9.17) is 9.47 Å². The Morgan fingerprint density at radius 3 is 2.18 bits per heavy atom. The van der Waals surface area contributed by atoms with Crippen molar-refractivity contribution in [2.24, 2.45) is 0 Å². The SMILES string of the molecule is COc1cc2c(cc1OC)CN(CCNC(=O)N1c3ccccc3Sc3ccccc31)CC2. The third-order valence-corrected chi connectivity index (χ3v) is 7.27. The maximum atomic E-state index is 13.3. The highest BCUT2D eigenvalue weighted by Crippen LogP contribution is 2.47. The van der Waals surface area contributed by atoms with Gasteiger partial charge in [0.2, 0.25) is 0 Å². The largest absolute Gasteiger partial charge is 0.493 e. The molecular weight excluding hydrogens is 434 g/mol. The number of urea groups is 1. The molecule has 0 fully saturated rings. The van der Waals surface area contributed by atoms with Crippen molar-refractivity contribution in [3.63, 3.8) is 0 Å². The van der Waals surface area contributed by atoms with E-state index in [1.54, 1.807) is 30.9 Å². The molecule has 6 nitrogen and oxygen atoms in total. The summed E-state index contributed by atoms with van der Waals surface area (Å²) in [5, 5.41) is 3.14. The normalized spacial score (nSPS) is 14.7. The maximum absolute atomic E-state index is 13.3. The first kappa shape index (κ1) is 21.7. The lowest BCUT2D eigenvalue weighted by Crippen LogP contribution is -2.42. The molecule has 0 saturated heterocycles. The molecule has 0 bridgehead atoms. The number of amides is 2. The number of ether oxygens (including phenoxy) is 2. The van der Waals surface area contributed by atoms with Gasteiger partial charge in [0, 0.05) is 36.0 Å². The average Bonchev–Trinajstić information content (AvgIpc) is 2.86. The van der Waals surface area contributed by atoms with E-state index in [2.05, 4.69) is 34.5 Å². The van der Waals surface area contributed by atoms with Gasteiger partial charge in [0.05, 0.1) is 25.6 Å². The molecule has 0 radical (unpaired) electrons. The summed E-state index contributed by atoms with van der Waals surface area (Å²) in [7, 11) is 3.33. The molecule has 2 amide bonds. The second-order valence-corrected chi connectivity index (χ2v) is 9.19. The molecule has 2 aliphatic rings. The number of rotatable bonds is 5. The Labute approximate surface area is 198 Å². The molecule has 0 saturated carbocycles. The van der Waals surface area contributed by atoms with Crippen LogP contribution in [0.2, 0.25) is 0 Å². The lowest BCUT2D eigenvalue weighted by molar-refractivity contribution is 0.236. The summed E-state index contributed by atoms with van der Waals surface area (Å²) in [4.78, 5) is 19.6. The Bertz CT molecular complexity index is 1140. The monoisotopic (exact) mass is 461 g/mol. The van der Waals surface area contributed by atoms with E-state index >= 15 is 0 Å². The Balaban J connectivity index is 1.25. The fourth-order valence-corrected chi connectivity index (χ4v) is 5.51. The second kappa shape index (κ2) is 9.37. The molecule has 5 rings (SSSR count). The molecule has 170 valence electrons. The van der Waals surface area contributed by atoms with Crippen LogP contribution in [0.3, 0.4) is 0 Å². The summed E-state index contributed by atoms with van der Waals surface area (Å²) in [6.07, 6.45) is 0.952. The van der Waals surface area contributed by atoms with Crippen LogP contribution in [-0.2, 0) is 13.0 Å². The first-order chi connectivity index (χ1) is 16.2. The van der Waals surface area contributed by atoms with Crippen molar-refractivity contribution in [1.82, 2.24) is 10.2 Å². The van der Waals surface area contributed by atoms with Crippen molar-refractivity contribution in [2.75, 3.05) is 38.8 Å². The fourth-order valence-electron chi connectivity index (χ4n) is 4.46. The van der Waals surface area contributed by atoms with E-state index in [0.29, 0.717) is 6.54 Å². The van der Waals surface area contributed by atoms with Crippen molar-refractivity contribution in [3.05, 3.63) is 71.8 Å². The van der Waals surface area contributed by atoms with Gasteiger partial charge in [-0.15, -0.1) is 0 Å². The number of carbonyl (C=O) groups excluding carboxylic acids is 1. The fraction of sp³-hybridized carbons (Fsp3) is 0.269. The minimum absolute atomic E-state index is 0.0981. The number of carbonyl (C=O) groups is 1. The van der Waals surface area contributed by atoms with Gasteiger partial charge in [-0.25, -0.2) is 4.79 Å². The molecule has 3 aromatic carbocycles. The van der Waals surface area contributed by atoms with Crippen LogP contribution in [0.4, 0.5) is 16.2 Å². The molecule has 3 aromatic rings. The van der Waals surface area contributed by atoms with Gasteiger partial charge in [-0.1, -0.05) is 36.0 Å². The van der Waals surface area contributed by atoms with Crippen LogP contribution in [0.5, 0.6) is 11.5 Å². The highest BCUT2D eigenvalue weighted by molar-refractivity contribution is 7.99. The molecule has 0 aliphatic carbocycles. The van der Waals surface area contributed by atoms with Crippen molar-refractivity contribution in [3.8, 4) is 11.5 Å². The molecule has 1 N–H and O–H groups in total. The van der Waals surface area contributed by atoms with Gasteiger partial charge in [-0.3, -0.25) is 9.80 Å². The van der Waals surface area contributed by atoms with E-state index in [0.717, 1.165) is 58.7 Å². The van der Waals surface area contributed by atoms with E-state index in [-0.39, 0.29) is 6.03 Å². The van der Waals surface area contributed by atoms with Crippen LogP contribution < -0.4 is 19.7 Å². The Morgan fingerprint density at radius 2 is 1.55 bits per heavy atom. The molecular formula is C26H27N3O3S. The summed E-state index contributed by atoms with van der Waals surface area (Å²) in [5.41, 5.74) is 4.39. The molecule has 0 atom stereocenters. The first-order valence-corrected chi connectivity index (χ1v) is 11.9. The average molecular weight is 462 g/mol. The van der Waals surface area contributed by atoms with Crippen LogP contribution in [0.1, 0.15) is 11.1 Å². The van der Waals surface area contributed by atoms with Gasteiger partial charge in [-0.2, -0.15) is 0 Å². The number of nitrogens with zero attached hydrogens (tertiary/aromatic N) is 2. The lowest BCUT2D eigenvalue weighted by atomic mass is 9.99. The van der Waals surface area contributed by atoms with Gasteiger partial charge in [0.1, 0.15) is 0 Å². The number of nitrogens with one attached hydrogen (secondary N) is 1. The molecule has 33 heavy (non-hydrogen) atoms. The highest BCUT2D eigenvalue weighted by Gasteiger charge is 2.28. The number of anilines is 2. The van der Waals surface area contributed by atoms with Crippen molar-refractivity contribution >= 4 is 29.2 Å². The quantitative estimate of drug-likeness (QED) is 0.575. The topological polar surface area (TPSA) is 54.0 Å². The first-order valence-electron chi connectivity index (χ1n) is 11.1. The van der Waals surface area contributed by atoms with Crippen molar-refractivity contribution in [1.29, 1.82) is 0 Å². The van der Waals surface area contributed by atoms with Gasteiger partial charge in [0.25, 0.3) is 0 Å². The lowest BCUT2D eigenvalue weighted by Gasteiger charge is -2.32. The Morgan fingerprint density at radius 1 is 0.939 bits per heavy atom. The van der Waals surface area contributed by atoms with Crippen LogP contribution >= 0.6 is 11.8 Å². The zero-order valence-corrected chi connectivity index (χ0v) is 19.7. The third kappa shape index (κ3) is 4.26. The number of fused-ring (bicyclic) bond motifs is 3. The van der Waals surface area contributed by atoms with E-state index in [9.17, 15) is 4.79 Å². The van der Waals surface area contributed by atoms with Crippen LogP contribution in [-0.4, -0.2) is 44.8 Å². The van der Waals surface area contributed by atoms with Gasteiger partial charge < -0.3 is 14.8 Å². The molecule has 2 aliphatic heterocycles. The summed E-state index contributed by atoms with van der Waals surface area (Å²) < 4.78 is 10.9. The van der Waals surface area contributed by atoms with Gasteiger partial charge >= 0.3 is 6.03 Å². The maximum Gasteiger partial charge on any atom is 0.326 e. The summed E-state index contributed by atoms with van der Waals surface area (Å²) in [6.45, 7) is 3.14. The predicted octanol–water partition coefficient (Wildman–Crippen LogP) is 5.07. The molecule has 2 heterocycles.